The van der Waals surface area contributed by atoms with Gasteiger partial charge in [0, 0.05) is 55.2 Å². The zero-order valence-electron chi connectivity index (χ0n) is 19.7. The molecule has 7 heteroatoms. The summed E-state index contributed by atoms with van der Waals surface area (Å²) >= 11 is 0. The summed E-state index contributed by atoms with van der Waals surface area (Å²) in [5, 5.41) is 30.3. The molecule has 182 valence electrons. The van der Waals surface area contributed by atoms with Crippen molar-refractivity contribution in [2.45, 2.75) is 69.7 Å². The molecule has 0 radical (unpaired) electrons. The van der Waals surface area contributed by atoms with Crippen LogP contribution in [-0.2, 0) is 13.0 Å². The van der Waals surface area contributed by atoms with Gasteiger partial charge in [0.2, 0.25) is 0 Å². The number of phenolic OH excluding ortho intramolecular Hbond substituents is 1. The van der Waals surface area contributed by atoms with Crippen molar-refractivity contribution in [2.75, 3.05) is 29.9 Å². The number of rotatable bonds is 7. The zero-order chi connectivity index (χ0) is 23.5. The molecule has 2 heterocycles. The first-order chi connectivity index (χ1) is 16.5. The number of phenols is 1. The van der Waals surface area contributed by atoms with E-state index in [4.69, 9.17) is 0 Å². The highest BCUT2D eigenvalue weighted by atomic mass is 16.3. The lowest BCUT2D eigenvalue weighted by Gasteiger charge is -2.31. The van der Waals surface area contributed by atoms with E-state index < -0.39 is 6.10 Å². The molecule has 1 aliphatic carbocycles. The lowest BCUT2D eigenvalue weighted by atomic mass is 9.92. The normalized spacial score (nSPS) is 21.3. The molecular formula is C27H36N4O3. The number of amides is 1. The quantitative estimate of drug-likeness (QED) is 0.432. The minimum atomic E-state index is -0.705. The van der Waals surface area contributed by atoms with E-state index in [1.54, 1.807) is 12.1 Å². The van der Waals surface area contributed by atoms with Crippen molar-refractivity contribution in [3.05, 3.63) is 53.1 Å². The second kappa shape index (κ2) is 10.2. The Hall–Kier alpha value is -2.77. The van der Waals surface area contributed by atoms with Crippen molar-refractivity contribution in [3.63, 3.8) is 0 Å². The van der Waals surface area contributed by atoms with Gasteiger partial charge >= 0.3 is 0 Å². The Morgan fingerprint density at radius 2 is 1.88 bits per heavy atom. The number of aliphatic hydroxyl groups excluding tert-OH is 1. The molecule has 0 spiro atoms. The maximum Gasteiger partial charge on any atom is 0.251 e. The number of anilines is 2. The number of fused-ring (bicyclic) bond motifs is 1. The fourth-order valence-electron chi connectivity index (χ4n) is 5.19. The molecule has 34 heavy (non-hydrogen) atoms. The summed E-state index contributed by atoms with van der Waals surface area (Å²) in [5.74, 6) is 0.0977. The van der Waals surface area contributed by atoms with Gasteiger partial charge in [-0.2, -0.15) is 0 Å². The molecule has 1 saturated heterocycles. The second-order valence-corrected chi connectivity index (χ2v) is 10.0. The van der Waals surface area contributed by atoms with Crippen molar-refractivity contribution in [1.29, 1.82) is 0 Å². The van der Waals surface area contributed by atoms with Crippen LogP contribution >= 0.6 is 0 Å². The lowest BCUT2D eigenvalue weighted by Crippen LogP contribution is -2.49. The van der Waals surface area contributed by atoms with Crippen molar-refractivity contribution in [3.8, 4) is 5.75 Å². The summed E-state index contributed by atoms with van der Waals surface area (Å²) < 4.78 is 0. The maximum absolute atomic E-state index is 13.1. The molecule has 2 aromatic rings. The molecular weight excluding hydrogens is 428 g/mol. The first-order valence-electron chi connectivity index (χ1n) is 12.7. The van der Waals surface area contributed by atoms with Crippen LogP contribution in [0.4, 0.5) is 11.4 Å². The Kier molecular flexibility index (Phi) is 6.92. The number of aromatic hydroxyl groups is 1. The monoisotopic (exact) mass is 464 g/mol. The molecule has 2 atom stereocenters. The van der Waals surface area contributed by atoms with Gasteiger partial charge in [-0.3, -0.25) is 4.79 Å². The fourth-order valence-corrected chi connectivity index (χ4v) is 5.19. The van der Waals surface area contributed by atoms with Gasteiger partial charge < -0.3 is 31.1 Å². The molecule has 7 nitrogen and oxygen atoms in total. The van der Waals surface area contributed by atoms with E-state index in [0.717, 1.165) is 35.6 Å². The predicted molar refractivity (Wildman–Crippen MR) is 135 cm³/mol. The number of aliphatic hydroxyl groups is 1. The van der Waals surface area contributed by atoms with Crippen LogP contribution in [0.15, 0.2) is 36.4 Å². The van der Waals surface area contributed by atoms with Gasteiger partial charge in [-0.25, -0.2) is 0 Å². The van der Waals surface area contributed by atoms with Gasteiger partial charge in [0.1, 0.15) is 5.75 Å². The van der Waals surface area contributed by atoms with E-state index in [0.29, 0.717) is 24.6 Å². The third kappa shape index (κ3) is 5.31. The number of piperidine rings is 1. The number of nitrogens with one attached hydrogen (secondary N) is 3. The molecule has 1 saturated carbocycles. The topological polar surface area (TPSA) is 96.9 Å². The standard InChI is InChI=1S/C27H36N4O3/c32-24-8-7-18-14-25(28-16-20(18)13-24)26(33)17-29-27(34)19-11-22(30-21-5-4-6-21)15-23(12-19)31-9-2-1-3-10-31/h7-8,11-13,15,21,25-26,28,30,32-33H,1-6,9-10,14,16-17H2,(H,29,34)/t25-,26+/m0/s1. The van der Waals surface area contributed by atoms with Crippen LogP contribution in [0.3, 0.4) is 0 Å². The van der Waals surface area contributed by atoms with Crippen LogP contribution in [0, 0.1) is 0 Å². The van der Waals surface area contributed by atoms with Gasteiger partial charge in [-0.15, -0.1) is 0 Å². The van der Waals surface area contributed by atoms with Crippen molar-refractivity contribution in [1.82, 2.24) is 10.6 Å². The molecule has 2 aromatic carbocycles. The smallest absolute Gasteiger partial charge is 0.251 e. The summed E-state index contributed by atoms with van der Waals surface area (Å²) in [6.07, 6.45) is 7.21. The zero-order valence-corrected chi connectivity index (χ0v) is 19.7. The largest absolute Gasteiger partial charge is 0.508 e. The van der Waals surface area contributed by atoms with E-state index in [-0.39, 0.29) is 24.2 Å². The molecule has 2 fully saturated rings. The highest BCUT2D eigenvalue weighted by Crippen LogP contribution is 2.29. The average molecular weight is 465 g/mol. The third-order valence-electron chi connectivity index (χ3n) is 7.50. The van der Waals surface area contributed by atoms with Crippen LogP contribution in [-0.4, -0.2) is 53.9 Å². The van der Waals surface area contributed by atoms with Crippen LogP contribution < -0.4 is 20.9 Å². The number of nitrogens with zero attached hydrogens (tertiary/aromatic N) is 1. The number of carbonyl (C=O) groups is 1. The number of benzene rings is 2. The Labute approximate surface area is 201 Å². The van der Waals surface area contributed by atoms with Gasteiger partial charge in [-0.1, -0.05) is 6.07 Å². The molecule has 0 bridgehead atoms. The van der Waals surface area contributed by atoms with Crippen molar-refractivity contribution < 1.29 is 15.0 Å². The third-order valence-corrected chi connectivity index (χ3v) is 7.50. The highest BCUT2D eigenvalue weighted by Gasteiger charge is 2.26. The first-order valence-corrected chi connectivity index (χ1v) is 12.7. The van der Waals surface area contributed by atoms with Crippen LogP contribution in [0.5, 0.6) is 5.75 Å². The molecule has 5 rings (SSSR count). The minimum absolute atomic E-state index is 0.145. The van der Waals surface area contributed by atoms with E-state index in [1.165, 1.54) is 38.5 Å². The van der Waals surface area contributed by atoms with Gasteiger partial charge in [0.05, 0.1) is 6.10 Å². The van der Waals surface area contributed by atoms with E-state index >= 15 is 0 Å². The summed E-state index contributed by atoms with van der Waals surface area (Å²) in [6.45, 7) is 2.83. The van der Waals surface area contributed by atoms with Crippen molar-refractivity contribution in [2.24, 2.45) is 0 Å². The SMILES string of the molecule is O=C(NC[C@@H](O)[C@@H]1Cc2ccc(O)cc2CN1)c1cc(NC2CCC2)cc(N2CCCCC2)c1. The summed E-state index contributed by atoms with van der Waals surface area (Å²) in [5.41, 5.74) is 4.91. The Morgan fingerprint density at radius 3 is 2.65 bits per heavy atom. The van der Waals surface area contributed by atoms with Gasteiger partial charge in [0.25, 0.3) is 5.91 Å². The van der Waals surface area contributed by atoms with Gasteiger partial charge in [0.15, 0.2) is 0 Å². The number of hydrogen-bond donors (Lipinski definition) is 5. The Morgan fingerprint density at radius 1 is 1.06 bits per heavy atom. The molecule has 0 aromatic heterocycles. The van der Waals surface area contributed by atoms with Crippen LogP contribution in [0.25, 0.3) is 0 Å². The average Bonchev–Trinajstić information content (AvgIpc) is 2.84. The number of hydrogen-bond acceptors (Lipinski definition) is 6. The summed E-state index contributed by atoms with van der Waals surface area (Å²) in [7, 11) is 0. The Bertz CT molecular complexity index is 1020. The molecule has 3 aliphatic rings. The van der Waals surface area contributed by atoms with E-state index in [1.807, 2.05) is 18.2 Å². The van der Waals surface area contributed by atoms with Crippen LogP contribution in [0.1, 0.15) is 60.0 Å². The van der Waals surface area contributed by atoms with Crippen LogP contribution in [0.2, 0.25) is 0 Å². The number of carbonyl (C=O) groups excluding carboxylic acids is 1. The summed E-state index contributed by atoms with van der Waals surface area (Å²) in [6, 6.07) is 11.8. The summed E-state index contributed by atoms with van der Waals surface area (Å²) in [4.78, 5) is 15.5. The molecule has 1 amide bonds. The Balaban J connectivity index is 1.24. The predicted octanol–water partition coefficient (Wildman–Crippen LogP) is 3.15. The fraction of sp³-hybridized carbons (Fsp3) is 0.519. The van der Waals surface area contributed by atoms with Crippen molar-refractivity contribution >= 4 is 17.3 Å². The maximum atomic E-state index is 13.1. The molecule has 2 aliphatic heterocycles. The molecule has 5 N–H and O–H groups in total. The second-order valence-electron chi connectivity index (χ2n) is 10.0. The molecule has 0 unspecified atom stereocenters. The first kappa shape index (κ1) is 23.0. The lowest BCUT2D eigenvalue weighted by molar-refractivity contribution is 0.0870. The van der Waals surface area contributed by atoms with E-state index in [2.05, 4.69) is 26.9 Å². The minimum Gasteiger partial charge on any atom is -0.508 e. The van der Waals surface area contributed by atoms with E-state index in [9.17, 15) is 15.0 Å². The highest BCUT2D eigenvalue weighted by molar-refractivity contribution is 5.96. The van der Waals surface area contributed by atoms with Gasteiger partial charge in [-0.05, 0) is 86.4 Å².